The van der Waals surface area contributed by atoms with Gasteiger partial charge in [-0.15, -0.1) is 0 Å². The van der Waals surface area contributed by atoms with Gasteiger partial charge in [0.05, 0.1) is 38.4 Å². The molecule has 1 aliphatic heterocycles. The first-order valence-corrected chi connectivity index (χ1v) is 14.9. The third kappa shape index (κ3) is 5.30. The van der Waals surface area contributed by atoms with E-state index in [0.717, 1.165) is 47.2 Å². The molecule has 0 radical (unpaired) electrons. The Hall–Kier alpha value is -6.03. The number of carbonyl (C=O) groups is 1. The fourth-order valence-corrected chi connectivity index (χ4v) is 6.42. The second kappa shape index (κ2) is 11.8. The zero-order valence-electron chi connectivity index (χ0n) is 24.5. The van der Waals surface area contributed by atoms with Gasteiger partial charge in [-0.25, -0.2) is 9.99 Å². The van der Waals surface area contributed by atoms with Crippen LogP contribution in [-0.4, -0.2) is 31.5 Å². The number of hydrazone groups is 1. The molecule has 10 heteroatoms. The molecule has 5 aromatic rings. The Labute approximate surface area is 263 Å². The number of nitro benzene ring substituents is 2. The number of hydrogen-bond donors (Lipinski definition) is 0. The van der Waals surface area contributed by atoms with Crippen LogP contribution in [0.4, 0.5) is 11.4 Å². The number of para-hydroxylation sites is 1. The SMILES string of the molecule is O=C(c1cc(-c2ccccc2)nc2ccccc12)N1N=C2/C(=C/c3ccc([N+](=O)[O-])cc3)CCC[C@H]2[C@H]1c1ccc([N+](=O)[O-])cc1. The van der Waals surface area contributed by atoms with E-state index in [9.17, 15) is 25.0 Å². The van der Waals surface area contributed by atoms with Gasteiger partial charge in [-0.1, -0.05) is 60.7 Å². The van der Waals surface area contributed by atoms with Crippen molar-refractivity contribution in [3.63, 3.8) is 0 Å². The van der Waals surface area contributed by atoms with Gasteiger partial charge in [0.1, 0.15) is 0 Å². The highest BCUT2D eigenvalue weighted by atomic mass is 16.6. The monoisotopic (exact) mass is 609 g/mol. The highest BCUT2D eigenvalue weighted by Crippen LogP contribution is 2.45. The largest absolute Gasteiger partial charge is 0.275 e. The summed E-state index contributed by atoms with van der Waals surface area (Å²) in [6.45, 7) is 0. The summed E-state index contributed by atoms with van der Waals surface area (Å²) >= 11 is 0. The normalized spacial score (nSPS) is 18.3. The van der Waals surface area contributed by atoms with Gasteiger partial charge in [-0.3, -0.25) is 25.0 Å². The molecule has 0 bridgehead atoms. The Morgan fingerprint density at radius 3 is 2.17 bits per heavy atom. The van der Waals surface area contributed by atoms with Crippen molar-refractivity contribution < 1.29 is 14.6 Å². The highest BCUT2D eigenvalue weighted by Gasteiger charge is 2.44. The van der Waals surface area contributed by atoms with Crippen molar-refractivity contribution in [1.29, 1.82) is 0 Å². The van der Waals surface area contributed by atoms with E-state index in [-0.39, 0.29) is 23.2 Å². The Balaban J connectivity index is 1.35. The van der Waals surface area contributed by atoms with Crippen molar-refractivity contribution in [2.24, 2.45) is 11.0 Å². The van der Waals surface area contributed by atoms with Crippen LogP contribution in [-0.2, 0) is 0 Å². The summed E-state index contributed by atoms with van der Waals surface area (Å²) in [7, 11) is 0. The molecule has 1 aliphatic carbocycles. The van der Waals surface area contributed by atoms with Crippen LogP contribution in [0.5, 0.6) is 0 Å². The van der Waals surface area contributed by atoms with E-state index in [1.807, 2.05) is 66.7 Å². The summed E-state index contributed by atoms with van der Waals surface area (Å²) in [5, 5.41) is 29.8. The molecule has 46 heavy (non-hydrogen) atoms. The number of nitro groups is 2. The molecule has 2 heterocycles. The lowest BCUT2D eigenvalue weighted by Gasteiger charge is -2.30. The number of hydrogen-bond acceptors (Lipinski definition) is 7. The number of rotatable bonds is 6. The van der Waals surface area contributed by atoms with E-state index < -0.39 is 15.9 Å². The fourth-order valence-electron chi connectivity index (χ4n) is 6.42. The molecule has 2 atom stereocenters. The van der Waals surface area contributed by atoms with Crippen LogP contribution < -0.4 is 0 Å². The molecule has 7 rings (SSSR count). The Kier molecular flexibility index (Phi) is 7.38. The van der Waals surface area contributed by atoms with Gasteiger partial charge in [0.15, 0.2) is 0 Å². The predicted molar refractivity (Wildman–Crippen MR) is 175 cm³/mol. The number of amides is 1. The maximum atomic E-state index is 14.7. The fraction of sp³-hybridized carbons (Fsp3) is 0.139. The van der Waals surface area contributed by atoms with Crippen LogP contribution in [0.2, 0.25) is 0 Å². The first-order chi connectivity index (χ1) is 22.4. The molecule has 0 unspecified atom stereocenters. The highest BCUT2D eigenvalue weighted by molar-refractivity contribution is 6.12. The van der Waals surface area contributed by atoms with Crippen molar-refractivity contribution >= 4 is 40.0 Å². The summed E-state index contributed by atoms with van der Waals surface area (Å²) in [4.78, 5) is 41.3. The van der Waals surface area contributed by atoms with E-state index in [2.05, 4.69) is 0 Å². The molecule has 0 spiro atoms. The van der Waals surface area contributed by atoms with Crippen LogP contribution in [0.15, 0.2) is 120 Å². The molecular formula is C36H27N5O5. The maximum absolute atomic E-state index is 14.7. The number of aromatic nitrogens is 1. The van der Waals surface area contributed by atoms with Crippen LogP contribution in [0, 0.1) is 26.1 Å². The van der Waals surface area contributed by atoms with Gasteiger partial charge < -0.3 is 0 Å². The van der Waals surface area contributed by atoms with Crippen LogP contribution in [0.25, 0.3) is 28.2 Å². The zero-order valence-corrected chi connectivity index (χ0v) is 24.5. The number of nitrogens with zero attached hydrogens (tertiary/aromatic N) is 5. The number of allylic oxidation sites excluding steroid dienone is 1. The minimum absolute atomic E-state index is 0.0105. The number of carbonyl (C=O) groups excluding carboxylic acids is 1. The second-order valence-corrected chi connectivity index (χ2v) is 11.4. The average Bonchev–Trinajstić information content (AvgIpc) is 3.49. The van der Waals surface area contributed by atoms with Crippen molar-refractivity contribution in [3.05, 3.63) is 152 Å². The zero-order chi connectivity index (χ0) is 31.8. The molecule has 226 valence electrons. The first-order valence-electron chi connectivity index (χ1n) is 14.9. The van der Waals surface area contributed by atoms with Crippen LogP contribution in [0.3, 0.4) is 0 Å². The predicted octanol–water partition coefficient (Wildman–Crippen LogP) is 8.16. The smallest absolute Gasteiger partial charge is 0.267 e. The van der Waals surface area contributed by atoms with Crippen molar-refractivity contribution in [2.45, 2.75) is 25.3 Å². The molecule has 1 amide bonds. The van der Waals surface area contributed by atoms with Gasteiger partial charge in [0.25, 0.3) is 17.3 Å². The molecule has 4 aromatic carbocycles. The number of non-ortho nitro benzene ring substituents is 2. The Morgan fingerprint density at radius 2 is 1.48 bits per heavy atom. The molecule has 10 nitrogen and oxygen atoms in total. The third-order valence-electron chi connectivity index (χ3n) is 8.62. The number of pyridine rings is 1. The van der Waals surface area contributed by atoms with Gasteiger partial charge in [-0.05, 0) is 66.3 Å². The van der Waals surface area contributed by atoms with Crippen LogP contribution >= 0.6 is 0 Å². The minimum atomic E-state index is -0.490. The number of benzene rings is 4. The molecule has 2 aliphatic rings. The summed E-state index contributed by atoms with van der Waals surface area (Å²) in [5.74, 6) is -0.444. The third-order valence-corrected chi connectivity index (χ3v) is 8.62. The van der Waals surface area contributed by atoms with Crippen LogP contribution in [0.1, 0.15) is 46.8 Å². The summed E-state index contributed by atoms with van der Waals surface area (Å²) in [6.07, 6.45) is 4.33. The van der Waals surface area contributed by atoms with Gasteiger partial charge in [-0.2, -0.15) is 5.10 Å². The first kappa shape index (κ1) is 28.7. The van der Waals surface area contributed by atoms with E-state index in [0.29, 0.717) is 22.2 Å². The van der Waals surface area contributed by atoms with Gasteiger partial charge in [0, 0.05) is 41.1 Å². The average molecular weight is 610 g/mol. The van der Waals surface area contributed by atoms with Gasteiger partial charge in [0.2, 0.25) is 0 Å². The lowest BCUT2D eigenvalue weighted by molar-refractivity contribution is -0.385. The van der Waals surface area contributed by atoms with Gasteiger partial charge >= 0.3 is 0 Å². The van der Waals surface area contributed by atoms with Crippen molar-refractivity contribution in [2.75, 3.05) is 0 Å². The minimum Gasteiger partial charge on any atom is -0.267 e. The second-order valence-electron chi connectivity index (χ2n) is 11.4. The standard InChI is InChI=1S/C36H27N5O5/c42-36(31-22-33(24-7-2-1-3-8-24)37-32-12-5-4-10-29(31)32)39-35(25-15-19-28(20-16-25)41(45)46)30-11-6-9-26(34(30)38-39)21-23-13-17-27(18-14-23)40(43)44/h1-5,7-8,10,12-22,30,35H,6,9,11H2/b26-21+/t30-,35-/m1/s1. The molecule has 1 aromatic heterocycles. The van der Waals surface area contributed by atoms with E-state index >= 15 is 0 Å². The number of fused-ring (bicyclic) bond motifs is 2. The topological polar surface area (TPSA) is 132 Å². The molecule has 1 fully saturated rings. The lowest BCUT2D eigenvalue weighted by Crippen LogP contribution is -2.32. The lowest BCUT2D eigenvalue weighted by atomic mass is 9.77. The summed E-state index contributed by atoms with van der Waals surface area (Å²) < 4.78 is 0. The van der Waals surface area contributed by atoms with Crippen molar-refractivity contribution in [3.8, 4) is 11.3 Å². The molecule has 0 saturated heterocycles. The summed E-state index contributed by atoms with van der Waals surface area (Å²) in [6, 6.07) is 31.2. The Bertz CT molecular complexity index is 2060. The molecule has 1 saturated carbocycles. The quantitative estimate of drug-likeness (QED) is 0.141. The molecule has 0 N–H and O–H groups in total. The van der Waals surface area contributed by atoms with Crippen molar-refractivity contribution in [1.82, 2.24) is 9.99 Å². The van der Waals surface area contributed by atoms with E-state index in [1.54, 1.807) is 24.3 Å². The molecular weight excluding hydrogens is 582 g/mol. The summed E-state index contributed by atoms with van der Waals surface area (Å²) in [5.41, 5.74) is 5.95. The Morgan fingerprint density at radius 1 is 0.826 bits per heavy atom. The van der Waals surface area contributed by atoms with E-state index in [1.165, 1.54) is 29.3 Å². The maximum Gasteiger partial charge on any atom is 0.275 e. The van der Waals surface area contributed by atoms with E-state index in [4.69, 9.17) is 10.1 Å².